The molecule has 260 valence electrons. The van der Waals surface area contributed by atoms with Gasteiger partial charge in [-0.3, -0.25) is 0 Å². The molecule has 1 aromatic heterocycles. The van der Waals surface area contributed by atoms with Crippen molar-refractivity contribution in [2.75, 3.05) is 42.6 Å². The molecule has 0 unspecified atom stereocenters. The van der Waals surface area contributed by atoms with E-state index in [0.29, 0.717) is 19.5 Å². The average molecular weight is 731 g/mol. The fourth-order valence-corrected chi connectivity index (χ4v) is 8.94. The van der Waals surface area contributed by atoms with Crippen LogP contribution in [0.3, 0.4) is 0 Å². The largest absolute Gasteiger partial charge is 0.748 e. The van der Waals surface area contributed by atoms with Gasteiger partial charge in [0.2, 0.25) is 5.52 Å². The van der Waals surface area contributed by atoms with E-state index in [1.165, 1.54) is 19.6 Å². The van der Waals surface area contributed by atoms with Gasteiger partial charge in [0.05, 0.1) is 36.3 Å². The van der Waals surface area contributed by atoms with Crippen molar-refractivity contribution in [3.63, 3.8) is 0 Å². The Bertz CT molecular complexity index is 1980. The maximum atomic E-state index is 11.4. The van der Waals surface area contributed by atoms with E-state index in [-0.39, 0.29) is 12.8 Å². The Morgan fingerprint density at radius 3 is 2.15 bits per heavy atom. The first-order valence-electron chi connectivity index (χ1n) is 16.3. The molecule has 0 saturated heterocycles. The topological polar surface area (TPSA) is 125 Å². The van der Waals surface area contributed by atoms with E-state index in [2.05, 4.69) is 66.3 Å². The first-order chi connectivity index (χ1) is 22.9. The Morgan fingerprint density at radius 2 is 1.50 bits per heavy atom. The molecule has 5 rings (SSSR count). The molecule has 0 N–H and O–H groups in total. The lowest BCUT2D eigenvalue weighted by atomic mass is 10.1. The molecule has 3 aromatic carbocycles. The van der Waals surface area contributed by atoms with E-state index in [0.717, 1.165) is 47.2 Å². The lowest BCUT2D eigenvalue weighted by molar-refractivity contribution is -0.667. The predicted molar refractivity (Wildman–Crippen MR) is 197 cm³/mol. The summed E-state index contributed by atoms with van der Waals surface area (Å²) in [5.41, 5.74) is 3.02. The van der Waals surface area contributed by atoms with E-state index in [9.17, 15) is 25.9 Å². The van der Waals surface area contributed by atoms with Crippen LogP contribution in [0.2, 0.25) is 0 Å². The van der Waals surface area contributed by atoms with Crippen LogP contribution in [-0.4, -0.2) is 68.5 Å². The van der Waals surface area contributed by atoms with Gasteiger partial charge in [-0.25, -0.2) is 16.8 Å². The number of hydrogen-bond acceptors (Lipinski definition) is 10. The van der Waals surface area contributed by atoms with Gasteiger partial charge in [-0.15, -0.1) is 0 Å². The molecule has 9 nitrogen and oxygen atoms in total. The van der Waals surface area contributed by atoms with Crippen molar-refractivity contribution >= 4 is 76.1 Å². The minimum Gasteiger partial charge on any atom is -0.748 e. The molecule has 48 heavy (non-hydrogen) atoms. The summed E-state index contributed by atoms with van der Waals surface area (Å²) < 4.78 is 70.9. The summed E-state index contributed by atoms with van der Waals surface area (Å²) in [5.74, 6) is -0.853. The summed E-state index contributed by atoms with van der Waals surface area (Å²) in [6, 6.07) is 20.1. The maximum absolute atomic E-state index is 11.4. The highest BCUT2D eigenvalue weighted by atomic mass is 32.2. The van der Waals surface area contributed by atoms with Crippen LogP contribution >= 0.6 is 23.1 Å². The number of benzene rings is 3. The third-order valence-electron chi connectivity index (χ3n) is 8.17. The molecule has 2 heterocycles. The lowest BCUT2D eigenvalue weighted by Gasteiger charge is -2.21. The molecule has 0 atom stereocenters. The molecule has 4 aromatic rings. The summed E-state index contributed by atoms with van der Waals surface area (Å²) in [4.78, 5) is 5.49. The molecule has 0 fully saturated rings. The fraction of sp³-hybridized carbons (Fsp3) is 0.400. The van der Waals surface area contributed by atoms with Crippen LogP contribution in [0.25, 0.3) is 27.1 Å². The van der Waals surface area contributed by atoms with Crippen molar-refractivity contribution in [2.45, 2.75) is 58.4 Å². The molecule has 0 radical (unpaired) electrons. The smallest absolute Gasteiger partial charge is 0.263 e. The van der Waals surface area contributed by atoms with Crippen molar-refractivity contribution in [3.8, 4) is 0 Å². The normalized spacial score (nSPS) is 14.6. The number of nitrogens with zero attached hydrogens (tertiary/aromatic N) is 3. The summed E-state index contributed by atoms with van der Waals surface area (Å²) in [6.07, 6.45) is 5.33. The second-order valence-electron chi connectivity index (χ2n) is 11.4. The van der Waals surface area contributed by atoms with Crippen LogP contribution in [-0.2, 0) is 26.8 Å². The fourth-order valence-electron chi connectivity index (χ4n) is 5.63. The number of fused-ring (bicyclic) bond motifs is 4. The number of para-hydroxylation sites is 1. The molecule has 1 aliphatic rings. The highest BCUT2D eigenvalue weighted by Gasteiger charge is 2.26. The van der Waals surface area contributed by atoms with Gasteiger partial charge >= 0.3 is 0 Å². The second kappa shape index (κ2) is 17.2. The summed E-state index contributed by atoms with van der Waals surface area (Å²) in [7, 11) is -8.63. The van der Waals surface area contributed by atoms with E-state index >= 15 is 0 Å². The molecule has 0 aliphatic carbocycles. The minimum absolute atomic E-state index is 0.205. The standard InChI is InChI=1S/C29H30N2O6S4.C6H15N/c1-2-21(19-27-30(15-7-17-40(32,33)34)24-11-5-6-12-25(24)38-27)20-28-31(16-8-18-41(35,36)37)29-23-10-4-3-9-22(23)13-14-26(29)39-28;1-4-7(5-2)6-3/h3-6,9-14,19-20H,2,7-8,15-18H2,1H3,(H-,32,33,34,35,36,37);4-6H2,1-3H3/p-1. The minimum atomic E-state index is -4.33. The number of hydrogen-bond donors (Lipinski definition) is 0. The molecular weight excluding hydrogens is 687 g/mol. The van der Waals surface area contributed by atoms with E-state index in [1.807, 2.05) is 48.5 Å². The summed E-state index contributed by atoms with van der Waals surface area (Å²) >= 11 is 3.21. The number of allylic oxidation sites excluding steroid dienone is 2. The Kier molecular flexibility index (Phi) is 13.7. The van der Waals surface area contributed by atoms with E-state index in [4.69, 9.17) is 0 Å². The van der Waals surface area contributed by atoms with E-state index < -0.39 is 31.7 Å². The first kappa shape index (κ1) is 38.0. The molecule has 1 aliphatic heterocycles. The third kappa shape index (κ3) is 10.4. The van der Waals surface area contributed by atoms with Crippen LogP contribution in [0.15, 0.2) is 82.2 Å². The van der Waals surface area contributed by atoms with Gasteiger partial charge in [0.1, 0.15) is 4.70 Å². The number of thiazole rings is 1. The van der Waals surface area contributed by atoms with Crippen molar-refractivity contribution in [2.24, 2.45) is 0 Å². The molecule has 0 spiro atoms. The summed E-state index contributed by atoms with van der Waals surface area (Å²) in [5, 5.41) is 4.02. The SMILES string of the molecule is CCC(/C=C1\Sc2ccccc2N1CCCS(=O)(=O)[O-])=C\c1sc2ccc3ccccc3c2[n+]1CCCS(=O)(=O)[O-].CCN(CC)CC. The van der Waals surface area contributed by atoms with Crippen molar-refractivity contribution < 1.29 is 30.5 Å². The molecule has 0 bridgehead atoms. The zero-order valence-electron chi connectivity index (χ0n) is 27.9. The van der Waals surface area contributed by atoms with Gasteiger partial charge in [0.15, 0.2) is 6.54 Å². The van der Waals surface area contributed by atoms with Gasteiger partial charge in [-0.1, -0.05) is 87.2 Å². The average Bonchev–Trinajstić information content (AvgIpc) is 3.58. The zero-order valence-corrected chi connectivity index (χ0v) is 31.2. The maximum Gasteiger partial charge on any atom is 0.263 e. The predicted octanol–water partition coefficient (Wildman–Crippen LogP) is 6.81. The van der Waals surface area contributed by atoms with Crippen molar-refractivity contribution in [1.29, 1.82) is 0 Å². The highest BCUT2D eigenvalue weighted by Crippen LogP contribution is 2.46. The monoisotopic (exact) mass is 730 g/mol. The van der Waals surface area contributed by atoms with Crippen LogP contribution in [0.4, 0.5) is 5.69 Å². The second-order valence-corrected chi connectivity index (χ2v) is 16.5. The number of aryl methyl sites for hydroxylation is 1. The number of aromatic nitrogens is 1. The van der Waals surface area contributed by atoms with Crippen LogP contribution in [0, 0.1) is 0 Å². The van der Waals surface area contributed by atoms with Gasteiger partial charge in [0.25, 0.3) is 5.01 Å². The molecule has 0 saturated carbocycles. The molecule has 13 heteroatoms. The molecular formula is C35H44N3O6S4-. The number of rotatable bonds is 14. The zero-order chi connectivity index (χ0) is 34.9. The number of anilines is 1. The van der Waals surface area contributed by atoms with E-state index in [1.54, 1.807) is 23.1 Å². The van der Waals surface area contributed by atoms with Crippen molar-refractivity contribution in [1.82, 2.24) is 4.90 Å². The Hall–Kier alpha value is -2.78. The van der Waals surface area contributed by atoms with Gasteiger partial charge in [-0.2, -0.15) is 4.57 Å². The first-order valence-corrected chi connectivity index (χ1v) is 21.1. The van der Waals surface area contributed by atoms with Crippen LogP contribution in [0.5, 0.6) is 0 Å². The molecule has 0 amide bonds. The number of thioether (sulfide) groups is 1. The quantitative estimate of drug-likeness (QED) is 0.102. The van der Waals surface area contributed by atoms with Crippen LogP contribution < -0.4 is 9.47 Å². The van der Waals surface area contributed by atoms with Gasteiger partial charge in [0, 0.05) is 35.4 Å². The highest BCUT2D eigenvalue weighted by molar-refractivity contribution is 8.03. The van der Waals surface area contributed by atoms with Gasteiger partial charge < -0.3 is 18.9 Å². The van der Waals surface area contributed by atoms with Crippen molar-refractivity contribution in [3.05, 3.63) is 82.3 Å². The Balaban J connectivity index is 0.000000671. The third-order valence-corrected chi connectivity index (χ3v) is 12.0. The van der Waals surface area contributed by atoms with Crippen LogP contribution in [0.1, 0.15) is 52.0 Å². The Morgan fingerprint density at radius 1 is 0.854 bits per heavy atom. The lowest BCUT2D eigenvalue weighted by Crippen LogP contribution is -2.36. The van der Waals surface area contributed by atoms with Gasteiger partial charge in [-0.05, 0) is 73.8 Å². The Labute approximate surface area is 293 Å². The summed E-state index contributed by atoms with van der Waals surface area (Å²) in [6.45, 7) is 13.0.